The Hall–Kier alpha value is 4.18. The van der Waals surface area contributed by atoms with E-state index in [0.29, 0.717) is 0 Å². The van der Waals surface area contributed by atoms with Crippen molar-refractivity contribution in [2.75, 3.05) is 0 Å². The standard InChI is InChI=1S/6BrH.2Mo.2H2O/h6*1H;;;2*1H2/q;;;;;;2*+3;;/p-6. The molecule has 0 aliphatic rings. The van der Waals surface area contributed by atoms with Gasteiger partial charge in [-0.3, -0.25) is 0 Å². The molecule has 0 spiro atoms. The summed E-state index contributed by atoms with van der Waals surface area (Å²) in [5.74, 6) is 0. The van der Waals surface area contributed by atoms with Crippen LogP contribution in [0.5, 0.6) is 0 Å². The molecule has 0 saturated heterocycles. The maximum absolute atomic E-state index is 3.27. The molecule has 10 heteroatoms. The van der Waals surface area contributed by atoms with Crippen molar-refractivity contribution in [1.29, 1.82) is 0 Å². The Morgan fingerprint density at radius 2 is 0.500 bits per heavy atom. The molecule has 0 aromatic heterocycles. The maximum atomic E-state index is 3.27. The Morgan fingerprint density at radius 3 is 0.500 bits per heavy atom. The molecule has 0 saturated carbocycles. The molecule has 4 N–H and O–H groups in total. The Bertz CT molecular complexity index is 29.2. The van der Waals surface area contributed by atoms with E-state index in [-0.39, 0.29) is 11.0 Å². The zero-order valence-electron chi connectivity index (χ0n) is 4.08. The fraction of sp³-hybridized carbons (Fsp3) is 0. The number of rotatable bonds is 0. The van der Waals surface area contributed by atoms with E-state index < -0.39 is 22.3 Å². The minimum absolute atomic E-state index is 0. The average Bonchev–Trinajstić information content (AvgIpc) is 1.25. The van der Waals surface area contributed by atoms with E-state index in [4.69, 9.17) is 0 Å². The predicted molar refractivity (Wildman–Crippen MR) is 60.8 cm³/mol. The van der Waals surface area contributed by atoms with Crippen LogP contribution in [0.4, 0.5) is 0 Å². The third kappa shape index (κ3) is 87.2. The molecule has 0 atom stereocenters. The summed E-state index contributed by atoms with van der Waals surface area (Å²) in [6.07, 6.45) is 0. The van der Waals surface area contributed by atoms with E-state index in [0.717, 1.165) is 0 Å². The van der Waals surface area contributed by atoms with Crippen LogP contribution in [-0.2, 0) is 22.3 Å². The topological polar surface area (TPSA) is 63.0 Å². The Labute approximate surface area is 110 Å². The normalized spacial score (nSPS) is 7.20. The van der Waals surface area contributed by atoms with Crippen molar-refractivity contribution in [1.82, 2.24) is 0 Å². The quantitative estimate of drug-likeness (QED) is 0.347. The molecule has 0 aromatic carbocycles. The SMILES string of the molecule is O.O.[Br][Mo]([Br])[Br].[Br][Mo]([Br])[Br]. The van der Waals surface area contributed by atoms with Crippen molar-refractivity contribution in [2.24, 2.45) is 0 Å². The second-order valence-electron chi connectivity index (χ2n) is 0.350. The molecule has 0 aromatic rings. The molecule has 70 valence electrons. The van der Waals surface area contributed by atoms with E-state index >= 15 is 0 Å². The van der Waals surface area contributed by atoms with Crippen LogP contribution in [0.15, 0.2) is 0 Å². The number of hydrogen-bond donors (Lipinski definition) is 0. The first-order valence-corrected chi connectivity index (χ1v) is 28.5. The second-order valence-corrected chi connectivity index (χ2v) is 55.9. The molecule has 0 fully saturated rings. The molecular formula is H4Br6Mo2O2. The first-order chi connectivity index (χ1) is 3.46. The van der Waals surface area contributed by atoms with Gasteiger partial charge in [-0.15, -0.1) is 0 Å². The third-order valence-electron chi connectivity index (χ3n) is 0. The van der Waals surface area contributed by atoms with Gasteiger partial charge in [0.1, 0.15) is 0 Å². The van der Waals surface area contributed by atoms with Gasteiger partial charge in [-0.25, -0.2) is 0 Å². The number of halogens is 6. The van der Waals surface area contributed by atoms with Gasteiger partial charge in [-0.2, -0.15) is 0 Å². The van der Waals surface area contributed by atoms with Crippen molar-refractivity contribution in [3.63, 3.8) is 0 Å². The van der Waals surface area contributed by atoms with Gasteiger partial charge < -0.3 is 11.0 Å². The Balaban J connectivity index is -0.0000000300. The Morgan fingerprint density at radius 1 is 0.500 bits per heavy atom. The summed E-state index contributed by atoms with van der Waals surface area (Å²) in [7, 11) is 0. The van der Waals surface area contributed by atoms with Gasteiger partial charge in [0, 0.05) is 0 Å². The number of hydrogen-bond acceptors (Lipinski definition) is 0. The molecule has 2 nitrogen and oxygen atoms in total. The second kappa shape index (κ2) is 18.9. The molecule has 0 radical (unpaired) electrons. The van der Waals surface area contributed by atoms with Crippen LogP contribution in [-0.4, -0.2) is 11.0 Å². The van der Waals surface area contributed by atoms with Crippen molar-refractivity contribution in [3.05, 3.63) is 0 Å². The van der Waals surface area contributed by atoms with Crippen LogP contribution in [0, 0.1) is 0 Å². The molecule has 0 rings (SSSR count). The predicted octanol–water partition coefficient (Wildman–Crippen LogP) is 3.42. The average molecular weight is 707 g/mol. The molecule has 0 aliphatic heterocycles. The van der Waals surface area contributed by atoms with Crippen LogP contribution >= 0.6 is 79.8 Å². The van der Waals surface area contributed by atoms with Gasteiger partial charge in [0.25, 0.3) is 0 Å². The van der Waals surface area contributed by atoms with Crippen LogP contribution in [0.25, 0.3) is 0 Å². The first kappa shape index (κ1) is 23.8. The zero-order chi connectivity index (χ0) is 7.15. The summed E-state index contributed by atoms with van der Waals surface area (Å²) in [5, 5.41) is 0. The zero-order valence-corrected chi connectivity index (χ0v) is 17.6. The third-order valence-corrected chi connectivity index (χ3v) is 0. The summed E-state index contributed by atoms with van der Waals surface area (Å²) in [6, 6.07) is 0. The fourth-order valence-electron chi connectivity index (χ4n) is 0. The summed E-state index contributed by atoms with van der Waals surface area (Å²) in [5.41, 5.74) is 0. The van der Waals surface area contributed by atoms with Crippen molar-refractivity contribution < 1.29 is 33.2 Å². The summed E-state index contributed by atoms with van der Waals surface area (Å²) in [4.78, 5) is 0. The summed E-state index contributed by atoms with van der Waals surface area (Å²) >= 11 is 17.8. The summed E-state index contributed by atoms with van der Waals surface area (Å²) in [6.45, 7) is 0. The Kier molecular flexibility index (Phi) is 44.8. The molecule has 0 amide bonds. The van der Waals surface area contributed by atoms with Crippen molar-refractivity contribution in [3.8, 4) is 0 Å². The molecule has 0 unspecified atom stereocenters. The van der Waals surface area contributed by atoms with Crippen LogP contribution < -0.4 is 0 Å². The van der Waals surface area contributed by atoms with Gasteiger partial charge in [0.05, 0.1) is 0 Å². The van der Waals surface area contributed by atoms with Crippen molar-refractivity contribution in [2.45, 2.75) is 0 Å². The van der Waals surface area contributed by atoms with Crippen molar-refractivity contribution >= 4 is 79.8 Å². The van der Waals surface area contributed by atoms with Gasteiger partial charge in [-0.1, -0.05) is 0 Å². The van der Waals surface area contributed by atoms with Crippen LogP contribution in [0.1, 0.15) is 0 Å². The van der Waals surface area contributed by atoms with E-state index in [1.54, 1.807) is 0 Å². The molecule has 0 bridgehead atoms. The van der Waals surface area contributed by atoms with Gasteiger partial charge in [0.15, 0.2) is 0 Å². The molecule has 10 heavy (non-hydrogen) atoms. The monoisotopic (exact) mass is 705 g/mol. The van der Waals surface area contributed by atoms with Gasteiger partial charge in [0.2, 0.25) is 0 Å². The van der Waals surface area contributed by atoms with E-state index in [1.165, 1.54) is 0 Å². The van der Waals surface area contributed by atoms with Crippen LogP contribution in [0.3, 0.4) is 0 Å². The summed E-state index contributed by atoms with van der Waals surface area (Å²) < 4.78 is 0. The van der Waals surface area contributed by atoms with Gasteiger partial charge in [-0.05, 0) is 0 Å². The minimum atomic E-state index is -0.919. The van der Waals surface area contributed by atoms with Gasteiger partial charge >= 0.3 is 102 Å². The van der Waals surface area contributed by atoms with E-state index in [1.807, 2.05) is 0 Å². The fourth-order valence-corrected chi connectivity index (χ4v) is 0. The molecular weight excluding hydrogens is 703 g/mol. The molecule has 0 heterocycles. The molecule has 0 aliphatic carbocycles. The first-order valence-electron chi connectivity index (χ1n) is 0.926. The van der Waals surface area contributed by atoms with E-state index in [2.05, 4.69) is 79.8 Å². The van der Waals surface area contributed by atoms with Crippen LogP contribution in [0.2, 0.25) is 0 Å². The van der Waals surface area contributed by atoms with E-state index in [9.17, 15) is 0 Å².